The molecule has 0 atom stereocenters. The molecular formula is C11H10N2O4S2. The Morgan fingerprint density at radius 3 is 2.74 bits per heavy atom. The van der Waals surface area contributed by atoms with E-state index in [-0.39, 0.29) is 9.77 Å². The summed E-state index contributed by atoms with van der Waals surface area (Å²) in [6, 6.07) is 4.31. The van der Waals surface area contributed by atoms with Crippen LogP contribution in [0.2, 0.25) is 0 Å². The number of carboxylic acid groups (broad SMARTS) is 1. The molecule has 0 amide bonds. The summed E-state index contributed by atoms with van der Waals surface area (Å²) >= 11 is 0.926. The molecule has 19 heavy (non-hydrogen) atoms. The number of carboxylic acids is 1. The van der Waals surface area contributed by atoms with E-state index in [1.54, 1.807) is 19.1 Å². The monoisotopic (exact) mass is 298 g/mol. The van der Waals surface area contributed by atoms with Gasteiger partial charge in [0, 0.05) is 11.1 Å². The number of rotatable bonds is 4. The van der Waals surface area contributed by atoms with Gasteiger partial charge in [-0.3, -0.25) is 9.71 Å². The molecule has 0 unspecified atom stereocenters. The van der Waals surface area contributed by atoms with Crippen molar-refractivity contribution in [2.75, 3.05) is 4.72 Å². The highest BCUT2D eigenvalue weighted by Gasteiger charge is 2.22. The number of carbonyl (C=O) groups is 1. The average Bonchev–Trinajstić information content (AvgIpc) is 2.73. The standard InChI is InChI=1S/C11H10N2O4S2/c1-7-10(5-9(18-7)11(14)15)19(16,17)13-8-3-2-4-12-6-8/h2-6,13H,1H3,(H,14,15). The van der Waals surface area contributed by atoms with Crippen LogP contribution in [0.4, 0.5) is 5.69 Å². The molecule has 0 aromatic carbocycles. The van der Waals surface area contributed by atoms with E-state index in [2.05, 4.69) is 9.71 Å². The highest BCUT2D eigenvalue weighted by molar-refractivity contribution is 7.93. The number of nitrogens with zero attached hydrogens (tertiary/aromatic N) is 1. The molecule has 0 bridgehead atoms. The summed E-state index contributed by atoms with van der Waals surface area (Å²) in [5.74, 6) is -1.14. The molecule has 0 saturated carbocycles. The minimum Gasteiger partial charge on any atom is -0.477 e. The van der Waals surface area contributed by atoms with Gasteiger partial charge in [-0.25, -0.2) is 13.2 Å². The lowest BCUT2D eigenvalue weighted by molar-refractivity contribution is 0.0702. The minimum absolute atomic E-state index is 0.0101. The SMILES string of the molecule is Cc1sc(C(=O)O)cc1S(=O)(=O)Nc1cccnc1. The van der Waals surface area contributed by atoms with Gasteiger partial charge >= 0.3 is 5.97 Å². The molecule has 100 valence electrons. The Hall–Kier alpha value is -1.93. The maximum absolute atomic E-state index is 12.1. The van der Waals surface area contributed by atoms with Crippen molar-refractivity contribution in [1.29, 1.82) is 0 Å². The number of hydrogen-bond acceptors (Lipinski definition) is 5. The zero-order valence-corrected chi connectivity index (χ0v) is 11.5. The van der Waals surface area contributed by atoms with Crippen molar-refractivity contribution in [3.63, 3.8) is 0 Å². The Kier molecular flexibility index (Phi) is 3.54. The number of aromatic nitrogens is 1. The van der Waals surface area contributed by atoms with Crippen molar-refractivity contribution < 1.29 is 18.3 Å². The third kappa shape index (κ3) is 2.91. The van der Waals surface area contributed by atoms with Crippen LogP contribution in [0.1, 0.15) is 14.5 Å². The second-order valence-electron chi connectivity index (χ2n) is 3.68. The molecular weight excluding hydrogens is 288 g/mol. The molecule has 2 rings (SSSR count). The fourth-order valence-corrected chi connectivity index (χ4v) is 3.95. The van der Waals surface area contributed by atoms with Gasteiger partial charge in [0.2, 0.25) is 0 Å². The quantitative estimate of drug-likeness (QED) is 0.899. The van der Waals surface area contributed by atoms with Gasteiger partial charge in [-0.15, -0.1) is 11.3 Å². The number of sulfonamides is 1. The Balaban J connectivity index is 2.37. The van der Waals surface area contributed by atoms with E-state index >= 15 is 0 Å². The number of thiophene rings is 1. The van der Waals surface area contributed by atoms with Crippen molar-refractivity contribution in [2.24, 2.45) is 0 Å². The fraction of sp³-hybridized carbons (Fsp3) is 0.0909. The zero-order chi connectivity index (χ0) is 14.0. The third-order valence-electron chi connectivity index (χ3n) is 2.29. The van der Waals surface area contributed by atoms with Gasteiger partial charge in [-0.1, -0.05) is 0 Å². The van der Waals surface area contributed by atoms with E-state index in [4.69, 9.17) is 5.11 Å². The molecule has 0 aliphatic carbocycles. The maximum Gasteiger partial charge on any atom is 0.345 e. The smallest absolute Gasteiger partial charge is 0.345 e. The largest absolute Gasteiger partial charge is 0.477 e. The number of hydrogen-bond donors (Lipinski definition) is 2. The Bertz CT molecular complexity index is 708. The molecule has 2 aromatic rings. The summed E-state index contributed by atoms with van der Waals surface area (Å²) in [5, 5.41) is 8.86. The molecule has 0 aliphatic heterocycles. The molecule has 8 heteroatoms. The van der Waals surface area contributed by atoms with Gasteiger partial charge in [0.25, 0.3) is 10.0 Å². The van der Waals surface area contributed by atoms with Gasteiger partial charge in [0.05, 0.1) is 11.9 Å². The number of pyridine rings is 1. The molecule has 2 heterocycles. The van der Waals surface area contributed by atoms with Crippen LogP contribution >= 0.6 is 11.3 Å². The zero-order valence-electron chi connectivity index (χ0n) is 9.82. The van der Waals surface area contributed by atoms with E-state index in [0.29, 0.717) is 10.6 Å². The topological polar surface area (TPSA) is 96.4 Å². The van der Waals surface area contributed by atoms with Crippen molar-refractivity contribution in [3.05, 3.63) is 40.3 Å². The highest BCUT2D eigenvalue weighted by atomic mass is 32.2. The first kappa shape index (κ1) is 13.5. The summed E-state index contributed by atoms with van der Waals surface area (Å²) in [5.41, 5.74) is 0.324. The van der Waals surface area contributed by atoms with E-state index in [1.165, 1.54) is 12.4 Å². The number of nitrogens with one attached hydrogen (secondary N) is 1. The lowest BCUT2D eigenvalue weighted by atomic mass is 10.4. The van der Waals surface area contributed by atoms with Gasteiger partial charge in [-0.05, 0) is 25.1 Å². The predicted octanol–water partition coefficient (Wildman–Crippen LogP) is 1.95. The molecule has 6 nitrogen and oxygen atoms in total. The first-order valence-electron chi connectivity index (χ1n) is 5.17. The number of aromatic carboxylic acids is 1. The van der Waals surface area contributed by atoms with Crippen molar-refractivity contribution in [3.8, 4) is 0 Å². The van der Waals surface area contributed by atoms with E-state index in [9.17, 15) is 13.2 Å². The second-order valence-corrected chi connectivity index (χ2v) is 6.59. The Morgan fingerprint density at radius 1 is 1.47 bits per heavy atom. The minimum atomic E-state index is -3.80. The van der Waals surface area contributed by atoms with Gasteiger partial charge < -0.3 is 5.11 Å². The van der Waals surface area contributed by atoms with Crippen LogP contribution in [0.5, 0.6) is 0 Å². The summed E-state index contributed by atoms with van der Waals surface area (Å²) in [7, 11) is -3.80. The molecule has 0 aliphatic rings. The van der Waals surface area contributed by atoms with Crippen molar-refractivity contribution in [1.82, 2.24) is 4.98 Å². The van der Waals surface area contributed by atoms with Gasteiger partial charge in [0.1, 0.15) is 9.77 Å². The van der Waals surface area contributed by atoms with E-state index < -0.39 is 16.0 Å². The van der Waals surface area contributed by atoms with Crippen LogP contribution in [0, 0.1) is 6.92 Å². The predicted molar refractivity (Wildman–Crippen MR) is 71.1 cm³/mol. The summed E-state index contributed by atoms with van der Waals surface area (Å²) in [6.07, 6.45) is 2.90. The van der Waals surface area contributed by atoms with Gasteiger partial charge in [0.15, 0.2) is 0 Å². The molecule has 2 aromatic heterocycles. The fourth-order valence-electron chi connectivity index (χ4n) is 1.47. The first-order chi connectivity index (χ1) is 8.90. The lowest BCUT2D eigenvalue weighted by Crippen LogP contribution is -2.13. The van der Waals surface area contributed by atoms with Crippen LogP contribution in [0.15, 0.2) is 35.5 Å². The molecule has 0 spiro atoms. The summed E-state index contributed by atoms with van der Waals surface area (Å²) in [4.78, 5) is 15.0. The summed E-state index contributed by atoms with van der Waals surface area (Å²) < 4.78 is 26.6. The van der Waals surface area contributed by atoms with Crippen LogP contribution in [-0.2, 0) is 10.0 Å². The number of aryl methyl sites for hydroxylation is 1. The van der Waals surface area contributed by atoms with Crippen LogP contribution in [0.25, 0.3) is 0 Å². The normalized spacial score (nSPS) is 11.2. The number of anilines is 1. The Labute approximate surface area is 113 Å². The van der Waals surface area contributed by atoms with Gasteiger partial charge in [-0.2, -0.15) is 0 Å². The van der Waals surface area contributed by atoms with E-state index in [0.717, 1.165) is 17.4 Å². The molecule has 0 saturated heterocycles. The maximum atomic E-state index is 12.1. The third-order valence-corrected chi connectivity index (χ3v) is 4.96. The van der Waals surface area contributed by atoms with E-state index in [1.807, 2.05) is 0 Å². The van der Waals surface area contributed by atoms with Crippen LogP contribution < -0.4 is 4.72 Å². The molecule has 0 fully saturated rings. The average molecular weight is 298 g/mol. The molecule has 2 N–H and O–H groups in total. The van der Waals surface area contributed by atoms with Crippen molar-refractivity contribution >= 4 is 33.0 Å². The van der Waals surface area contributed by atoms with Crippen LogP contribution in [0.3, 0.4) is 0 Å². The Morgan fingerprint density at radius 2 is 2.21 bits per heavy atom. The second kappa shape index (κ2) is 4.98. The highest BCUT2D eigenvalue weighted by Crippen LogP contribution is 2.27. The first-order valence-corrected chi connectivity index (χ1v) is 7.46. The lowest BCUT2D eigenvalue weighted by Gasteiger charge is -2.06. The summed E-state index contributed by atoms with van der Waals surface area (Å²) in [6.45, 7) is 1.56. The van der Waals surface area contributed by atoms with Crippen LogP contribution in [-0.4, -0.2) is 24.5 Å². The molecule has 0 radical (unpaired) electrons. The van der Waals surface area contributed by atoms with Crippen molar-refractivity contribution in [2.45, 2.75) is 11.8 Å².